The van der Waals surface area contributed by atoms with Crippen LogP contribution in [0.25, 0.3) is 0 Å². The van der Waals surface area contributed by atoms with Crippen LogP contribution in [0.15, 0.2) is 29.3 Å². The Kier molecular flexibility index (Phi) is 3.74. The van der Waals surface area contributed by atoms with Crippen LogP contribution >= 0.6 is 0 Å². The first-order valence-electron chi connectivity index (χ1n) is 6.35. The lowest BCUT2D eigenvalue weighted by atomic mass is 10.1. The normalized spacial score (nSPS) is 16.6. The van der Waals surface area contributed by atoms with Gasteiger partial charge in [0.05, 0.1) is 12.1 Å². The number of carbonyl (C=O) groups is 1. The van der Waals surface area contributed by atoms with E-state index in [0.717, 1.165) is 23.5 Å². The molecule has 102 valence electrons. The molecule has 0 atom stereocenters. The number of benzene rings is 1. The van der Waals surface area contributed by atoms with Crippen LogP contribution in [-0.4, -0.2) is 35.7 Å². The third-order valence-electron chi connectivity index (χ3n) is 3.01. The average Bonchev–Trinajstić information content (AvgIpc) is 2.70. The van der Waals surface area contributed by atoms with Crippen LogP contribution in [0.5, 0.6) is 0 Å². The summed E-state index contributed by atoms with van der Waals surface area (Å²) >= 11 is 0. The van der Waals surface area contributed by atoms with E-state index in [-0.39, 0.29) is 5.54 Å². The van der Waals surface area contributed by atoms with Crippen molar-refractivity contribution in [3.05, 3.63) is 35.4 Å². The van der Waals surface area contributed by atoms with Gasteiger partial charge in [-0.05, 0) is 25.8 Å². The van der Waals surface area contributed by atoms with Gasteiger partial charge in [0.1, 0.15) is 5.84 Å². The van der Waals surface area contributed by atoms with E-state index in [2.05, 4.69) is 29.5 Å². The largest absolute Gasteiger partial charge is 0.465 e. The fourth-order valence-corrected chi connectivity index (χ4v) is 1.98. The molecule has 0 saturated carbocycles. The maximum absolute atomic E-state index is 10.3. The summed E-state index contributed by atoms with van der Waals surface area (Å²) in [7, 11) is 0. The van der Waals surface area contributed by atoms with Gasteiger partial charge in [-0.2, -0.15) is 0 Å². The zero-order chi connectivity index (χ0) is 13.9. The number of nitrogens with one attached hydrogen (secondary N) is 2. The van der Waals surface area contributed by atoms with Crippen molar-refractivity contribution < 1.29 is 9.90 Å². The molecule has 1 aromatic carbocycles. The predicted octanol–water partition coefficient (Wildman–Crippen LogP) is 1.63. The Hall–Kier alpha value is -2.04. The maximum atomic E-state index is 10.3. The van der Waals surface area contributed by atoms with Crippen molar-refractivity contribution in [2.24, 2.45) is 4.99 Å². The van der Waals surface area contributed by atoms with Gasteiger partial charge >= 0.3 is 6.09 Å². The fraction of sp³-hybridized carbons (Fsp3) is 0.429. The van der Waals surface area contributed by atoms with E-state index in [0.29, 0.717) is 13.0 Å². The van der Waals surface area contributed by atoms with Gasteiger partial charge in [0, 0.05) is 12.1 Å². The highest BCUT2D eigenvalue weighted by Crippen LogP contribution is 2.14. The SMILES string of the molecule is CC1(C)CN=C(c2ccc(CCNC(=O)O)cc2)N1. The molecule has 0 fully saturated rings. The third kappa shape index (κ3) is 3.71. The molecular formula is C14H19N3O2. The van der Waals surface area contributed by atoms with Crippen molar-refractivity contribution in [1.29, 1.82) is 0 Å². The second-order valence-electron chi connectivity index (χ2n) is 5.35. The molecule has 2 rings (SSSR count). The van der Waals surface area contributed by atoms with Gasteiger partial charge in [0.25, 0.3) is 0 Å². The van der Waals surface area contributed by atoms with Gasteiger partial charge in [-0.3, -0.25) is 4.99 Å². The Bertz CT molecular complexity index is 492. The van der Waals surface area contributed by atoms with Crippen molar-refractivity contribution in [2.75, 3.05) is 13.1 Å². The zero-order valence-corrected chi connectivity index (χ0v) is 11.2. The van der Waals surface area contributed by atoms with E-state index in [9.17, 15) is 4.79 Å². The highest BCUT2D eigenvalue weighted by atomic mass is 16.4. The summed E-state index contributed by atoms with van der Waals surface area (Å²) in [6, 6.07) is 8.05. The summed E-state index contributed by atoms with van der Waals surface area (Å²) in [4.78, 5) is 14.8. The van der Waals surface area contributed by atoms with Crippen molar-refractivity contribution in [3.8, 4) is 0 Å². The number of hydrogen-bond donors (Lipinski definition) is 3. The van der Waals surface area contributed by atoms with E-state index in [1.807, 2.05) is 24.3 Å². The third-order valence-corrected chi connectivity index (χ3v) is 3.01. The molecule has 0 bridgehead atoms. The molecule has 1 aromatic rings. The quantitative estimate of drug-likeness (QED) is 0.771. The topological polar surface area (TPSA) is 73.7 Å². The van der Waals surface area contributed by atoms with E-state index >= 15 is 0 Å². The van der Waals surface area contributed by atoms with E-state index in [1.54, 1.807) is 0 Å². The Balaban J connectivity index is 1.94. The monoisotopic (exact) mass is 261 g/mol. The van der Waals surface area contributed by atoms with Gasteiger partial charge in [-0.1, -0.05) is 24.3 Å². The first kappa shape index (κ1) is 13.4. The van der Waals surface area contributed by atoms with Crippen LogP contribution < -0.4 is 10.6 Å². The molecule has 5 heteroatoms. The Labute approximate surface area is 112 Å². The minimum absolute atomic E-state index is 0.0272. The van der Waals surface area contributed by atoms with Gasteiger partial charge in [-0.15, -0.1) is 0 Å². The average molecular weight is 261 g/mol. The first-order valence-corrected chi connectivity index (χ1v) is 6.35. The molecule has 0 aliphatic carbocycles. The molecule has 3 N–H and O–H groups in total. The maximum Gasteiger partial charge on any atom is 0.404 e. The van der Waals surface area contributed by atoms with Gasteiger partial charge in [0.15, 0.2) is 0 Å². The molecule has 1 aliphatic rings. The molecule has 1 heterocycles. The summed E-state index contributed by atoms with van der Waals surface area (Å²) in [6.45, 7) is 5.46. The van der Waals surface area contributed by atoms with Crippen LogP contribution in [0.4, 0.5) is 4.79 Å². The zero-order valence-electron chi connectivity index (χ0n) is 11.2. The second kappa shape index (κ2) is 5.30. The van der Waals surface area contributed by atoms with Crippen LogP contribution in [0.2, 0.25) is 0 Å². The fourth-order valence-electron chi connectivity index (χ4n) is 1.98. The summed E-state index contributed by atoms with van der Waals surface area (Å²) in [5.41, 5.74) is 2.20. The summed E-state index contributed by atoms with van der Waals surface area (Å²) < 4.78 is 0. The molecule has 0 radical (unpaired) electrons. The number of rotatable bonds is 4. The Morgan fingerprint density at radius 1 is 1.42 bits per heavy atom. The lowest BCUT2D eigenvalue weighted by Gasteiger charge is -2.18. The van der Waals surface area contributed by atoms with Crippen LogP contribution in [0.3, 0.4) is 0 Å². The predicted molar refractivity (Wildman–Crippen MR) is 74.8 cm³/mol. The van der Waals surface area contributed by atoms with Crippen molar-refractivity contribution in [1.82, 2.24) is 10.6 Å². The summed E-state index contributed by atoms with van der Waals surface area (Å²) in [6.07, 6.45) is -0.291. The lowest BCUT2D eigenvalue weighted by molar-refractivity contribution is 0.194. The minimum atomic E-state index is -0.983. The molecule has 1 amide bonds. The van der Waals surface area contributed by atoms with E-state index in [4.69, 9.17) is 5.11 Å². The molecule has 0 spiro atoms. The summed E-state index contributed by atoms with van der Waals surface area (Å²) in [5.74, 6) is 0.931. The molecule has 5 nitrogen and oxygen atoms in total. The number of carboxylic acid groups (broad SMARTS) is 1. The number of nitrogens with zero attached hydrogens (tertiary/aromatic N) is 1. The van der Waals surface area contributed by atoms with Crippen molar-refractivity contribution in [3.63, 3.8) is 0 Å². The van der Waals surface area contributed by atoms with Gasteiger partial charge < -0.3 is 15.7 Å². The van der Waals surface area contributed by atoms with E-state index < -0.39 is 6.09 Å². The number of hydrogen-bond acceptors (Lipinski definition) is 3. The molecule has 1 aliphatic heterocycles. The lowest BCUT2D eigenvalue weighted by Crippen LogP contribution is -2.39. The van der Waals surface area contributed by atoms with E-state index in [1.165, 1.54) is 0 Å². The number of amidine groups is 1. The summed E-state index contributed by atoms with van der Waals surface area (Å²) in [5, 5.41) is 14.2. The highest BCUT2D eigenvalue weighted by Gasteiger charge is 2.25. The number of aliphatic imine (C=N–C) groups is 1. The highest BCUT2D eigenvalue weighted by molar-refractivity contribution is 6.00. The second-order valence-corrected chi connectivity index (χ2v) is 5.35. The smallest absolute Gasteiger partial charge is 0.404 e. The van der Waals surface area contributed by atoms with Crippen molar-refractivity contribution in [2.45, 2.75) is 25.8 Å². The van der Waals surface area contributed by atoms with Gasteiger partial charge in [-0.25, -0.2) is 4.79 Å². The minimum Gasteiger partial charge on any atom is -0.465 e. The number of amides is 1. The Morgan fingerprint density at radius 3 is 2.63 bits per heavy atom. The molecular weight excluding hydrogens is 242 g/mol. The van der Waals surface area contributed by atoms with Crippen LogP contribution in [0, 0.1) is 0 Å². The Morgan fingerprint density at radius 2 is 2.11 bits per heavy atom. The van der Waals surface area contributed by atoms with Crippen LogP contribution in [0.1, 0.15) is 25.0 Å². The molecule has 0 unspecified atom stereocenters. The standard InChI is InChI=1S/C14H19N3O2/c1-14(2)9-16-12(17-14)11-5-3-10(4-6-11)7-8-15-13(18)19/h3-6,15H,7-9H2,1-2H3,(H,16,17)(H,18,19). The molecule has 0 aromatic heterocycles. The van der Waals surface area contributed by atoms with Crippen molar-refractivity contribution >= 4 is 11.9 Å². The molecule has 19 heavy (non-hydrogen) atoms. The van der Waals surface area contributed by atoms with Crippen LogP contribution in [-0.2, 0) is 6.42 Å². The molecule has 0 saturated heterocycles. The first-order chi connectivity index (χ1) is 8.96. The van der Waals surface area contributed by atoms with Gasteiger partial charge in [0.2, 0.25) is 0 Å².